The minimum atomic E-state index is -4.09. The lowest BCUT2D eigenvalue weighted by Crippen LogP contribution is -2.53. The van der Waals surface area contributed by atoms with E-state index in [1.165, 1.54) is 27.8 Å². The fourth-order valence-corrected chi connectivity index (χ4v) is 7.25. The summed E-state index contributed by atoms with van der Waals surface area (Å²) < 4.78 is 30.0. The van der Waals surface area contributed by atoms with E-state index in [2.05, 4.69) is 21.2 Å². The molecule has 1 aliphatic carbocycles. The van der Waals surface area contributed by atoms with Gasteiger partial charge >= 0.3 is 0 Å². The number of nitrogens with zero attached hydrogens (tertiary/aromatic N) is 2. The SMILES string of the molecule is Cc1ccc(N(CC(=O)N(Cc2cccc(Br)c2)C(C)C(=O)NC2CCCCC2)S(=O)(=O)c2ccccc2)c(C)c1. The molecule has 0 spiro atoms. The molecule has 1 fully saturated rings. The molecule has 1 unspecified atom stereocenters. The van der Waals surface area contributed by atoms with Crippen molar-refractivity contribution in [2.75, 3.05) is 10.8 Å². The van der Waals surface area contributed by atoms with Crippen molar-refractivity contribution in [2.45, 2.75) is 76.4 Å². The molecule has 0 saturated heterocycles. The Bertz CT molecular complexity index is 1470. The van der Waals surface area contributed by atoms with Crippen LogP contribution < -0.4 is 9.62 Å². The smallest absolute Gasteiger partial charge is 0.264 e. The van der Waals surface area contributed by atoms with Crippen molar-refractivity contribution in [2.24, 2.45) is 0 Å². The van der Waals surface area contributed by atoms with Gasteiger partial charge in [0.05, 0.1) is 10.6 Å². The average Bonchev–Trinajstić information content (AvgIpc) is 2.95. The molecule has 9 heteroatoms. The van der Waals surface area contributed by atoms with Gasteiger partial charge in [0.25, 0.3) is 10.0 Å². The Morgan fingerprint density at radius 1 is 0.951 bits per heavy atom. The highest BCUT2D eigenvalue weighted by Gasteiger charge is 2.33. The lowest BCUT2D eigenvalue weighted by atomic mass is 9.95. The summed E-state index contributed by atoms with van der Waals surface area (Å²) in [5.41, 5.74) is 2.97. The van der Waals surface area contributed by atoms with Crippen LogP contribution in [0, 0.1) is 13.8 Å². The minimum absolute atomic E-state index is 0.0895. The monoisotopic (exact) mass is 639 g/mol. The Morgan fingerprint density at radius 2 is 1.66 bits per heavy atom. The summed E-state index contributed by atoms with van der Waals surface area (Å²) in [6, 6.07) is 20.4. The zero-order chi connectivity index (χ0) is 29.6. The maximum Gasteiger partial charge on any atom is 0.264 e. The summed E-state index contributed by atoms with van der Waals surface area (Å²) in [5, 5.41) is 3.13. The summed E-state index contributed by atoms with van der Waals surface area (Å²) in [4.78, 5) is 29.1. The second-order valence-corrected chi connectivity index (χ2v) is 13.6. The molecule has 0 heterocycles. The van der Waals surface area contributed by atoms with Crippen LogP contribution in [0.4, 0.5) is 5.69 Å². The van der Waals surface area contributed by atoms with Crippen LogP contribution in [0.1, 0.15) is 55.7 Å². The van der Waals surface area contributed by atoms with Gasteiger partial charge in [-0.3, -0.25) is 13.9 Å². The maximum atomic E-state index is 14.1. The predicted octanol–water partition coefficient (Wildman–Crippen LogP) is 6.13. The van der Waals surface area contributed by atoms with Gasteiger partial charge in [-0.15, -0.1) is 0 Å². The molecule has 0 bridgehead atoms. The van der Waals surface area contributed by atoms with Gasteiger partial charge < -0.3 is 10.2 Å². The van der Waals surface area contributed by atoms with Crippen LogP contribution in [-0.4, -0.2) is 43.8 Å². The van der Waals surface area contributed by atoms with Crippen molar-refractivity contribution in [1.82, 2.24) is 10.2 Å². The number of rotatable bonds is 10. The van der Waals surface area contributed by atoms with Crippen molar-refractivity contribution in [3.05, 3.63) is 94.0 Å². The van der Waals surface area contributed by atoms with E-state index in [4.69, 9.17) is 0 Å². The third-order valence-electron chi connectivity index (χ3n) is 7.59. The van der Waals surface area contributed by atoms with Crippen LogP contribution >= 0.6 is 15.9 Å². The normalized spacial score (nSPS) is 14.7. The van der Waals surface area contributed by atoms with Gasteiger partial charge in [-0.05, 0) is 75.1 Å². The fraction of sp³-hybridized carbons (Fsp3) is 0.375. The second kappa shape index (κ2) is 13.7. The molecule has 4 rings (SSSR count). The summed E-state index contributed by atoms with van der Waals surface area (Å²) in [7, 11) is -4.09. The number of halogens is 1. The van der Waals surface area contributed by atoms with Crippen molar-refractivity contribution in [1.29, 1.82) is 0 Å². The number of anilines is 1. The van der Waals surface area contributed by atoms with E-state index < -0.39 is 28.5 Å². The van der Waals surface area contributed by atoms with Crippen LogP contribution in [0.15, 0.2) is 82.2 Å². The molecule has 0 radical (unpaired) electrons. The summed E-state index contributed by atoms with van der Waals surface area (Å²) in [5.74, 6) is -0.694. The summed E-state index contributed by atoms with van der Waals surface area (Å²) >= 11 is 3.49. The van der Waals surface area contributed by atoms with Crippen LogP contribution in [0.5, 0.6) is 0 Å². The Hall–Kier alpha value is -3.17. The van der Waals surface area contributed by atoms with E-state index in [1.807, 2.05) is 50.2 Å². The van der Waals surface area contributed by atoms with Gasteiger partial charge in [0.1, 0.15) is 12.6 Å². The number of carbonyl (C=O) groups excluding carboxylic acids is 2. The molecule has 7 nitrogen and oxygen atoms in total. The number of hydrogen-bond acceptors (Lipinski definition) is 4. The van der Waals surface area contributed by atoms with Gasteiger partial charge in [-0.1, -0.05) is 83.2 Å². The number of hydrogen-bond donors (Lipinski definition) is 1. The van der Waals surface area contributed by atoms with Crippen LogP contribution in [0.3, 0.4) is 0 Å². The molecule has 1 N–H and O–H groups in total. The Labute approximate surface area is 252 Å². The molecular formula is C32H38BrN3O4S. The lowest BCUT2D eigenvalue weighted by Gasteiger charge is -2.33. The second-order valence-electron chi connectivity index (χ2n) is 10.8. The van der Waals surface area contributed by atoms with Gasteiger partial charge in [0, 0.05) is 17.1 Å². The third-order valence-corrected chi connectivity index (χ3v) is 9.86. The first-order valence-corrected chi connectivity index (χ1v) is 16.3. The van der Waals surface area contributed by atoms with E-state index in [0.29, 0.717) is 5.69 Å². The highest BCUT2D eigenvalue weighted by Crippen LogP contribution is 2.28. The standard InChI is InChI=1S/C32H38BrN3O4S/c1-23-17-18-30(24(2)19-23)36(41(39,40)29-15-8-5-9-16-29)22-31(37)35(21-26-11-10-12-27(33)20-26)25(3)32(38)34-28-13-6-4-7-14-28/h5,8-12,15-20,25,28H,4,6-7,13-14,21-22H2,1-3H3,(H,34,38). The molecule has 0 aliphatic heterocycles. The molecule has 41 heavy (non-hydrogen) atoms. The van der Waals surface area contributed by atoms with Gasteiger partial charge in [0.15, 0.2) is 0 Å². The van der Waals surface area contributed by atoms with Gasteiger partial charge in [-0.2, -0.15) is 0 Å². The Kier molecular flexibility index (Phi) is 10.3. The summed E-state index contributed by atoms with van der Waals surface area (Å²) in [6.45, 7) is 5.19. The molecule has 218 valence electrons. The highest BCUT2D eigenvalue weighted by atomic mass is 79.9. The van der Waals surface area contributed by atoms with Crippen molar-refractivity contribution in [3.8, 4) is 0 Å². The largest absolute Gasteiger partial charge is 0.352 e. The Morgan fingerprint density at radius 3 is 2.32 bits per heavy atom. The first kappa shape index (κ1) is 30.8. The van der Waals surface area contributed by atoms with Gasteiger partial charge in [0.2, 0.25) is 11.8 Å². The number of aryl methyl sites for hydroxylation is 2. The molecule has 3 aromatic carbocycles. The van der Waals surface area contributed by atoms with Crippen LogP contribution in [0.2, 0.25) is 0 Å². The van der Waals surface area contributed by atoms with Crippen molar-refractivity contribution >= 4 is 43.5 Å². The van der Waals surface area contributed by atoms with E-state index in [0.717, 1.165) is 46.8 Å². The molecule has 0 aromatic heterocycles. The van der Waals surface area contributed by atoms with Crippen molar-refractivity contribution in [3.63, 3.8) is 0 Å². The van der Waals surface area contributed by atoms with E-state index in [-0.39, 0.29) is 23.4 Å². The quantitative estimate of drug-likeness (QED) is 0.289. The molecule has 1 atom stereocenters. The number of sulfonamides is 1. The maximum absolute atomic E-state index is 14.1. The number of nitrogens with one attached hydrogen (secondary N) is 1. The Balaban J connectivity index is 1.69. The first-order valence-electron chi connectivity index (χ1n) is 14.1. The number of benzene rings is 3. The van der Waals surface area contributed by atoms with Crippen molar-refractivity contribution < 1.29 is 18.0 Å². The van der Waals surface area contributed by atoms with E-state index >= 15 is 0 Å². The van der Waals surface area contributed by atoms with Gasteiger partial charge in [-0.25, -0.2) is 8.42 Å². The zero-order valence-corrected chi connectivity index (χ0v) is 26.2. The summed E-state index contributed by atoms with van der Waals surface area (Å²) in [6.07, 6.45) is 5.16. The lowest BCUT2D eigenvalue weighted by molar-refractivity contribution is -0.139. The molecule has 2 amide bonds. The van der Waals surface area contributed by atoms with Crippen LogP contribution in [-0.2, 0) is 26.2 Å². The number of carbonyl (C=O) groups is 2. The average molecular weight is 641 g/mol. The third kappa shape index (κ3) is 7.77. The minimum Gasteiger partial charge on any atom is -0.352 e. The number of amides is 2. The molecule has 1 saturated carbocycles. The van der Waals surface area contributed by atoms with E-state index in [1.54, 1.807) is 31.2 Å². The predicted molar refractivity (Wildman–Crippen MR) is 166 cm³/mol. The molecule has 3 aromatic rings. The highest BCUT2D eigenvalue weighted by molar-refractivity contribution is 9.10. The zero-order valence-electron chi connectivity index (χ0n) is 23.8. The first-order chi connectivity index (χ1) is 19.6. The topological polar surface area (TPSA) is 86.8 Å². The molecule has 1 aliphatic rings. The fourth-order valence-electron chi connectivity index (χ4n) is 5.30. The molecular weight excluding hydrogens is 602 g/mol. The van der Waals surface area contributed by atoms with E-state index in [9.17, 15) is 18.0 Å². The van der Waals surface area contributed by atoms with Crippen LogP contribution in [0.25, 0.3) is 0 Å².